The minimum atomic E-state index is -0.929. The van der Waals surface area contributed by atoms with Gasteiger partial charge in [-0.1, -0.05) is 6.92 Å². The van der Waals surface area contributed by atoms with Crippen molar-refractivity contribution in [1.29, 1.82) is 0 Å². The SMILES string of the molecule is CCc1ncnc(NCC2(C(=O)O)CCOCC2)c1F. The molecule has 110 valence electrons. The van der Waals surface area contributed by atoms with Crippen LogP contribution in [0, 0.1) is 11.2 Å². The summed E-state index contributed by atoms with van der Waals surface area (Å²) in [6, 6.07) is 0. The summed E-state index contributed by atoms with van der Waals surface area (Å²) in [4.78, 5) is 19.2. The Bertz CT molecular complexity index is 490. The van der Waals surface area contributed by atoms with Crippen molar-refractivity contribution in [2.75, 3.05) is 25.1 Å². The molecule has 0 radical (unpaired) electrons. The number of aromatic nitrogens is 2. The molecule has 0 spiro atoms. The van der Waals surface area contributed by atoms with Gasteiger partial charge in [0.15, 0.2) is 11.6 Å². The zero-order chi connectivity index (χ0) is 14.6. The first-order chi connectivity index (χ1) is 9.59. The van der Waals surface area contributed by atoms with E-state index in [4.69, 9.17) is 4.74 Å². The molecular weight excluding hydrogens is 265 g/mol. The maximum absolute atomic E-state index is 14.0. The van der Waals surface area contributed by atoms with E-state index >= 15 is 0 Å². The molecule has 0 amide bonds. The Hall–Kier alpha value is -1.76. The standard InChI is InChI=1S/C13H18FN3O3/c1-2-9-10(14)11(17-8-16-9)15-7-13(12(18)19)3-5-20-6-4-13/h8H,2-7H2,1H3,(H,18,19)(H,15,16,17). The number of aryl methyl sites for hydroxylation is 1. The van der Waals surface area contributed by atoms with E-state index in [9.17, 15) is 14.3 Å². The number of nitrogens with zero attached hydrogens (tertiary/aromatic N) is 2. The van der Waals surface area contributed by atoms with Crippen LogP contribution in [0.3, 0.4) is 0 Å². The lowest BCUT2D eigenvalue weighted by atomic mass is 9.80. The van der Waals surface area contributed by atoms with Crippen molar-refractivity contribution in [1.82, 2.24) is 9.97 Å². The van der Waals surface area contributed by atoms with Gasteiger partial charge in [-0.2, -0.15) is 0 Å². The van der Waals surface area contributed by atoms with Crippen molar-refractivity contribution in [2.24, 2.45) is 5.41 Å². The molecule has 1 aliphatic heterocycles. The number of carboxylic acid groups (broad SMARTS) is 1. The summed E-state index contributed by atoms with van der Waals surface area (Å²) < 4.78 is 19.2. The number of carbonyl (C=O) groups is 1. The monoisotopic (exact) mass is 283 g/mol. The van der Waals surface area contributed by atoms with Crippen LogP contribution in [0.4, 0.5) is 10.2 Å². The van der Waals surface area contributed by atoms with Crippen LogP contribution in [-0.2, 0) is 16.0 Å². The Kier molecular flexibility index (Phi) is 4.49. The van der Waals surface area contributed by atoms with Crippen LogP contribution in [0.2, 0.25) is 0 Å². The molecule has 1 saturated heterocycles. The third-order valence-electron chi connectivity index (χ3n) is 3.69. The molecule has 0 atom stereocenters. The van der Waals surface area contributed by atoms with Crippen LogP contribution in [0.1, 0.15) is 25.5 Å². The van der Waals surface area contributed by atoms with Crippen LogP contribution in [-0.4, -0.2) is 40.8 Å². The predicted octanol–water partition coefficient (Wildman–Crippen LogP) is 1.47. The third-order valence-corrected chi connectivity index (χ3v) is 3.69. The highest BCUT2D eigenvalue weighted by Gasteiger charge is 2.40. The molecule has 0 bridgehead atoms. The average Bonchev–Trinajstić information content (AvgIpc) is 2.47. The van der Waals surface area contributed by atoms with Crippen LogP contribution < -0.4 is 5.32 Å². The number of hydrogen-bond donors (Lipinski definition) is 2. The Morgan fingerprint density at radius 1 is 1.50 bits per heavy atom. The molecule has 0 aliphatic carbocycles. The van der Waals surface area contributed by atoms with E-state index in [2.05, 4.69) is 15.3 Å². The zero-order valence-electron chi connectivity index (χ0n) is 11.4. The van der Waals surface area contributed by atoms with Crippen molar-refractivity contribution in [3.8, 4) is 0 Å². The highest BCUT2D eigenvalue weighted by atomic mass is 19.1. The van der Waals surface area contributed by atoms with Crippen LogP contribution in [0.25, 0.3) is 0 Å². The highest BCUT2D eigenvalue weighted by molar-refractivity contribution is 5.75. The van der Waals surface area contributed by atoms with E-state index in [0.29, 0.717) is 38.2 Å². The lowest BCUT2D eigenvalue weighted by Crippen LogP contribution is -2.42. The molecule has 1 fully saturated rings. The van der Waals surface area contributed by atoms with E-state index in [1.54, 1.807) is 6.92 Å². The maximum atomic E-state index is 14.0. The molecule has 0 saturated carbocycles. The smallest absolute Gasteiger partial charge is 0.311 e. The number of carboxylic acids is 1. The fourth-order valence-corrected chi connectivity index (χ4v) is 2.26. The number of anilines is 1. The van der Waals surface area contributed by atoms with Gasteiger partial charge in [0, 0.05) is 19.8 Å². The second-order valence-electron chi connectivity index (χ2n) is 4.89. The van der Waals surface area contributed by atoms with Gasteiger partial charge < -0.3 is 15.2 Å². The molecular formula is C13H18FN3O3. The summed E-state index contributed by atoms with van der Waals surface area (Å²) in [6.07, 6.45) is 2.55. The van der Waals surface area contributed by atoms with Crippen molar-refractivity contribution >= 4 is 11.8 Å². The lowest BCUT2D eigenvalue weighted by molar-refractivity contribution is -0.153. The molecule has 0 unspecified atom stereocenters. The first-order valence-electron chi connectivity index (χ1n) is 6.63. The van der Waals surface area contributed by atoms with Gasteiger partial charge in [-0.05, 0) is 19.3 Å². The molecule has 1 aliphatic rings. The number of rotatable bonds is 5. The summed E-state index contributed by atoms with van der Waals surface area (Å²) in [6.45, 7) is 2.73. The number of aliphatic carboxylic acids is 1. The van der Waals surface area contributed by atoms with Crippen LogP contribution in [0.5, 0.6) is 0 Å². The predicted molar refractivity (Wildman–Crippen MR) is 70.0 cm³/mol. The number of ether oxygens (including phenoxy) is 1. The van der Waals surface area contributed by atoms with E-state index in [1.807, 2.05) is 0 Å². The van der Waals surface area contributed by atoms with Gasteiger partial charge in [0.2, 0.25) is 0 Å². The molecule has 20 heavy (non-hydrogen) atoms. The summed E-state index contributed by atoms with van der Waals surface area (Å²) >= 11 is 0. The molecule has 2 N–H and O–H groups in total. The minimum absolute atomic E-state index is 0.0592. The molecule has 1 aromatic heterocycles. The van der Waals surface area contributed by atoms with Gasteiger partial charge in [0.1, 0.15) is 6.33 Å². The first-order valence-corrected chi connectivity index (χ1v) is 6.63. The fourth-order valence-electron chi connectivity index (χ4n) is 2.26. The van der Waals surface area contributed by atoms with Crippen molar-refractivity contribution < 1.29 is 19.0 Å². The number of hydrogen-bond acceptors (Lipinski definition) is 5. The average molecular weight is 283 g/mol. The van der Waals surface area contributed by atoms with E-state index in [1.165, 1.54) is 6.33 Å². The van der Waals surface area contributed by atoms with Gasteiger partial charge in [-0.3, -0.25) is 4.79 Å². The van der Waals surface area contributed by atoms with Gasteiger partial charge in [-0.25, -0.2) is 14.4 Å². The molecule has 7 heteroatoms. The molecule has 2 heterocycles. The second-order valence-corrected chi connectivity index (χ2v) is 4.89. The Morgan fingerprint density at radius 2 is 2.20 bits per heavy atom. The summed E-state index contributed by atoms with van der Waals surface area (Å²) in [5.41, 5.74) is -0.610. The van der Waals surface area contributed by atoms with Crippen LogP contribution in [0.15, 0.2) is 6.33 Å². The normalized spacial score (nSPS) is 17.7. The van der Waals surface area contributed by atoms with Crippen molar-refractivity contribution in [2.45, 2.75) is 26.2 Å². The van der Waals surface area contributed by atoms with Crippen LogP contribution >= 0.6 is 0 Å². The van der Waals surface area contributed by atoms with E-state index < -0.39 is 17.2 Å². The van der Waals surface area contributed by atoms with Gasteiger partial charge in [-0.15, -0.1) is 0 Å². The van der Waals surface area contributed by atoms with Gasteiger partial charge in [0.25, 0.3) is 0 Å². The lowest BCUT2D eigenvalue weighted by Gasteiger charge is -2.33. The van der Waals surface area contributed by atoms with Gasteiger partial charge in [0.05, 0.1) is 11.1 Å². The summed E-state index contributed by atoms with van der Waals surface area (Å²) in [7, 11) is 0. The Morgan fingerprint density at radius 3 is 2.80 bits per heavy atom. The minimum Gasteiger partial charge on any atom is -0.481 e. The van der Waals surface area contributed by atoms with Crippen molar-refractivity contribution in [3.63, 3.8) is 0 Å². The first kappa shape index (κ1) is 14.6. The van der Waals surface area contributed by atoms with E-state index in [0.717, 1.165) is 0 Å². The second kappa shape index (κ2) is 6.13. The molecule has 6 nitrogen and oxygen atoms in total. The Balaban J connectivity index is 2.12. The van der Waals surface area contributed by atoms with E-state index in [-0.39, 0.29) is 12.4 Å². The number of halogens is 1. The Labute approximate surface area is 116 Å². The van der Waals surface area contributed by atoms with Crippen molar-refractivity contribution in [3.05, 3.63) is 17.8 Å². The third kappa shape index (κ3) is 2.87. The molecule has 0 aromatic carbocycles. The fraction of sp³-hybridized carbons (Fsp3) is 0.615. The zero-order valence-corrected chi connectivity index (χ0v) is 11.4. The molecule has 1 aromatic rings. The topological polar surface area (TPSA) is 84.3 Å². The van der Waals surface area contributed by atoms with Gasteiger partial charge >= 0.3 is 5.97 Å². The maximum Gasteiger partial charge on any atom is 0.311 e. The quantitative estimate of drug-likeness (QED) is 0.851. The highest BCUT2D eigenvalue weighted by Crippen LogP contribution is 2.31. The molecule has 2 rings (SSSR count). The number of nitrogens with one attached hydrogen (secondary N) is 1. The summed E-state index contributed by atoms with van der Waals surface area (Å²) in [5.74, 6) is -1.34. The largest absolute Gasteiger partial charge is 0.481 e. The summed E-state index contributed by atoms with van der Waals surface area (Å²) in [5, 5.41) is 12.2.